The molecule has 6 nitrogen and oxygen atoms in total. The summed E-state index contributed by atoms with van der Waals surface area (Å²) in [6.07, 6.45) is 5.33. The maximum absolute atomic E-state index is 11.0. The summed E-state index contributed by atoms with van der Waals surface area (Å²) in [7, 11) is 1.83. The highest BCUT2D eigenvalue weighted by molar-refractivity contribution is 5.86. The fraction of sp³-hybridized carbons (Fsp3) is 0.364. The summed E-state index contributed by atoms with van der Waals surface area (Å²) < 4.78 is 7.05. The minimum atomic E-state index is -1.07. The molecular weight excluding hydrogens is 222 g/mol. The van der Waals surface area contributed by atoms with Gasteiger partial charge in [-0.2, -0.15) is 0 Å². The van der Waals surface area contributed by atoms with Crippen LogP contribution >= 0.6 is 0 Å². The number of carbonyl (C=O) groups is 1. The number of oxazole rings is 1. The number of carboxylic acid groups (broad SMARTS) is 1. The van der Waals surface area contributed by atoms with Crippen LogP contribution in [0.4, 0.5) is 0 Å². The van der Waals surface area contributed by atoms with Gasteiger partial charge >= 0.3 is 5.97 Å². The van der Waals surface area contributed by atoms with Crippen molar-refractivity contribution in [3.05, 3.63) is 24.0 Å². The number of imidazole rings is 1. The van der Waals surface area contributed by atoms with E-state index in [1.54, 1.807) is 17.1 Å². The van der Waals surface area contributed by atoms with Gasteiger partial charge in [0.15, 0.2) is 0 Å². The second-order valence-electron chi connectivity index (χ2n) is 4.24. The van der Waals surface area contributed by atoms with E-state index < -0.39 is 5.97 Å². The van der Waals surface area contributed by atoms with Gasteiger partial charge in [-0.3, -0.25) is 0 Å². The summed E-state index contributed by atoms with van der Waals surface area (Å²) in [5.41, 5.74) is 1.11. The van der Waals surface area contributed by atoms with E-state index >= 15 is 0 Å². The van der Waals surface area contributed by atoms with Crippen molar-refractivity contribution in [2.24, 2.45) is 7.05 Å². The number of rotatable bonds is 3. The van der Waals surface area contributed by atoms with Crippen molar-refractivity contribution < 1.29 is 14.3 Å². The van der Waals surface area contributed by atoms with Gasteiger partial charge in [-0.15, -0.1) is 0 Å². The van der Waals surface area contributed by atoms with Crippen LogP contribution in [-0.4, -0.2) is 25.6 Å². The molecule has 0 aliphatic heterocycles. The first kappa shape index (κ1) is 10.1. The highest BCUT2D eigenvalue weighted by Crippen LogP contribution is 2.42. The van der Waals surface area contributed by atoms with Gasteiger partial charge in [0.2, 0.25) is 11.7 Å². The van der Waals surface area contributed by atoms with Gasteiger partial charge in [-0.1, -0.05) is 0 Å². The molecule has 0 bridgehead atoms. The van der Waals surface area contributed by atoms with Crippen molar-refractivity contribution in [2.45, 2.75) is 18.8 Å². The van der Waals surface area contributed by atoms with Crippen LogP contribution < -0.4 is 0 Å². The molecule has 0 saturated heterocycles. The lowest BCUT2D eigenvalue weighted by Crippen LogP contribution is -1.98. The lowest BCUT2D eigenvalue weighted by atomic mass is 10.2. The van der Waals surface area contributed by atoms with Crippen LogP contribution in [0.3, 0.4) is 0 Å². The molecule has 2 heterocycles. The molecule has 0 spiro atoms. The summed E-state index contributed by atoms with van der Waals surface area (Å²) in [4.78, 5) is 19.4. The molecule has 0 radical (unpaired) electrons. The third-order valence-corrected chi connectivity index (χ3v) is 2.74. The zero-order chi connectivity index (χ0) is 12.0. The molecule has 17 heavy (non-hydrogen) atoms. The van der Waals surface area contributed by atoms with Crippen molar-refractivity contribution in [3.63, 3.8) is 0 Å². The van der Waals surface area contributed by atoms with E-state index in [1.807, 2.05) is 7.05 Å². The van der Waals surface area contributed by atoms with Crippen LogP contribution in [0.15, 0.2) is 16.9 Å². The Morgan fingerprint density at radius 2 is 2.35 bits per heavy atom. The molecule has 3 rings (SSSR count). The fourth-order valence-electron chi connectivity index (χ4n) is 1.75. The quantitative estimate of drug-likeness (QED) is 0.871. The average Bonchev–Trinajstić information content (AvgIpc) is 2.87. The third-order valence-electron chi connectivity index (χ3n) is 2.74. The van der Waals surface area contributed by atoms with Crippen LogP contribution in [0.1, 0.15) is 35.0 Å². The summed E-state index contributed by atoms with van der Waals surface area (Å²) in [6, 6.07) is 0. The predicted molar refractivity (Wildman–Crippen MR) is 57.6 cm³/mol. The Bertz CT molecular complexity index is 581. The molecule has 1 saturated carbocycles. The van der Waals surface area contributed by atoms with Gasteiger partial charge in [0.05, 0.1) is 12.0 Å². The van der Waals surface area contributed by atoms with Crippen LogP contribution in [0.25, 0.3) is 11.6 Å². The first-order valence-corrected chi connectivity index (χ1v) is 5.37. The van der Waals surface area contributed by atoms with E-state index in [1.165, 1.54) is 0 Å². The summed E-state index contributed by atoms with van der Waals surface area (Å²) >= 11 is 0. The van der Waals surface area contributed by atoms with Crippen molar-refractivity contribution in [3.8, 4) is 11.6 Å². The van der Waals surface area contributed by atoms with E-state index in [2.05, 4.69) is 9.97 Å². The molecular formula is C11H11N3O3. The Kier molecular flexibility index (Phi) is 2.04. The Morgan fingerprint density at radius 1 is 1.59 bits per heavy atom. The van der Waals surface area contributed by atoms with E-state index in [0.717, 1.165) is 12.8 Å². The number of nitrogens with zero attached hydrogens (tertiary/aromatic N) is 3. The second-order valence-corrected chi connectivity index (χ2v) is 4.24. The van der Waals surface area contributed by atoms with E-state index in [4.69, 9.17) is 9.52 Å². The lowest BCUT2D eigenvalue weighted by Gasteiger charge is -1.89. The molecule has 1 N–H and O–H groups in total. The minimum absolute atomic E-state index is 0.0480. The van der Waals surface area contributed by atoms with Gasteiger partial charge in [0.1, 0.15) is 5.69 Å². The largest absolute Gasteiger partial charge is 0.475 e. The first-order chi connectivity index (χ1) is 8.15. The topological polar surface area (TPSA) is 81.2 Å². The molecule has 1 fully saturated rings. The van der Waals surface area contributed by atoms with Crippen molar-refractivity contribution in [1.29, 1.82) is 0 Å². The Morgan fingerprint density at radius 3 is 2.88 bits per heavy atom. The highest BCUT2D eigenvalue weighted by Gasteiger charge is 2.33. The third kappa shape index (κ3) is 1.71. The SMILES string of the molecule is Cn1cnc(-c2nc(C3CC3)c(C(=O)O)o2)c1. The predicted octanol–water partition coefficient (Wildman–Crippen LogP) is 1.65. The van der Waals surface area contributed by atoms with Gasteiger partial charge in [0, 0.05) is 19.2 Å². The van der Waals surface area contributed by atoms with Crippen LogP contribution in [0, 0.1) is 0 Å². The van der Waals surface area contributed by atoms with Crippen molar-refractivity contribution in [2.75, 3.05) is 0 Å². The molecule has 2 aromatic heterocycles. The number of aryl methyl sites for hydroxylation is 1. The first-order valence-electron chi connectivity index (χ1n) is 5.37. The molecule has 2 aromatic rings. The number of aromatic carboxylic acids is 1. The minimum Gasteiger partial charge on any atom is -0.475 e. The summed E-state index contributed by atoms with van der Waals surface area (Å²) in [5, 5.41) is 9.05. The van der Waals surface area contributed by atoms with E-state index in [-0.39, 0.29) is 17.6 Å². The molecule has 0 unspecified atom stereocenters. The maximum Gasteiger partial charge on any atom is 0.373 e. The van der Waals surface area contributed by atoms with E-state index in [0.29, 0.717) is 11.4 Å². The number of carboxylic acids is 1. The van der Waals surface area contributed by atoms with Crippen LogP contribution in [0.2, 0.25) is 0 Å². The zero-order valence-electron chi connectivity index (χ0n) is 9.25. The Labute approximate surface area is 96.9 Å². The van der Waals surface area contributed by atoms with Crippen molar-refractivity contribution >= 4 is 5.97 Å². The molecule has 1 aliphatic rings. The lowest BCUT2D eigenvalue weighted by molar-refractivity contribution is 0.0661. The standard InChI is InChI=1S/C11H11N3O3/c1-14-4-7(12-5-14)10-13-8(6-2-3-6)9(17-10)11(15)16/h4-6H,2-3H2,1H3,(H,15,16). The molecule has 6 heteroatoms. The molecule has 88 valence electrons. The molecule has 0 amide bonds. The fourth-order valence-corrected chi connectivity index (χ4v) is 1.75. The molecule has 0 atom stereocenters. The highest BCUT2D eigenvalue weighted by atomic mass is 16.4. The summed E-state index contributed by atoms with van der Waals surface area (Å²) in [6.45, 7) is 0. The number of aromatic nitrogens is 3. The van der Waals surface area contributed by atoms with E-state index in [9.17, 15) is 4.79 Å². The normalized spacial score (nSPS) is 15.1. The maximum atomic E-state index is 11.0. The van der Waals surface area contributed by atoms with Gasteiger partial charge < -0.3 is 14.1 Å². The Balaban J connectivity index is 2.06. The number of hydrogen-bond donors (Lipinski definition) is 1. The smallest absolute Gasteiger partial charge is 0.373 e. The Hall–Kier alpha value is -2.11. The monoisotopic (exact) mass is 233 g/mol. The van der Waals surface area contributed by atoms with Gasteiger partial charge in [0.25, 0.3) is 0 Å². The second kappa shape index (κ2) is 3.44. The molecule has 0 aromatic carbocycles. The average molecular weight is 233 g/mol. The zero-order valence-corrected chi connectivity index (χ0v) is 9.25. The van der Waals surface area contributed by atoms with Gasteiger partial charge in [-0.05, 0) is 12.8 Å². The van der Waals surface area contributed by atoms with Gasteiger partial charge in [-0.25, -0.2) is 14.8 Å². The summed E-state index contributed by atoms with van der Waals surface area (Å²) in [5.74, 6) is -0.595. The van der Waals surface area contributed by atoms with Crippen molar-refractivity contribution in [1.82, 2.24) is 14.5 Å². The van der Waals surface area contributed by atoms with Crippen LogP contribution in [0.5, 0.6) is 0 Å². The molecule has 1 aliphatic carbocycles. The number of hydrogen-bond acceptors (Lipinski definition) is 4. The van der Waals surface area contributed by atoms with Crippen LogP contribution in [-0.2, 0) is 7.05 Å².